The van der Waals surface area contributed by atoms with Gasteiger partial charge in [0, 0.05) is 31.5 Å². The first-order valence-electron chi connectivity index (χ1n) is 11.5. The second-order valence-corrected chi connectivity index (χ2v) is 9.69. The Bertz CT molecular complexity index is 1220. The second-order valence-electron chi connectivity index (χ2n) is 8.52. The van der Waals surface area contributed by atoms with Crippen LogP contribution in [0.3, 0.4) is 0 Å². The quantitative estimate of drug-likeness (QED) is 0.464. The van der Waals surface area contributed by atoms with E-state index in [0.717, 1.165) is 4.90 Å². The number of nitriles is 1. The van der Waals surface area contributed by atoms with Crippen LogP contribution in [0.4, 0.5) is 25.4 Å². The van der Waals surface area contributed by atoms with E-state index in [1.54, 1.807) is 29.2 Å². The lowest BCUT2D eigenvalue weighted by molar-refractivity contribution is -0.119. The Morgan fingerprint density at radius 1 is 1.22 bits per heavy atom. The molecule has 0 bridgehead atoms. The first kappa shape index (κ1) is 26.1. The number of halogens is 1. The molecule has 2 saturated heterocycles. The maximum Gasteiger partial charge on any atom is 0.414 e. The van der Waals surface area contributed by atoms with Crippen LogP contribution >= 0.6 is 11.9 Å². The van der Waals surface area contributed by atoms with Crippen molar-refractivity contribution in [2.75, 3.05) is 42.5 Å². The van der Waals surface area contributed by atoms with Crippen LogP contribution in [0.15, 0.2) is 47.4 Å². The van der Waals surface area contributed by atoms with Gasteiger partial charge in [0.15, 0.2) is 0 Å². The van der Waals surface area contributed by atoms with Gasteiger partial charge in [0.05, 0.1) is 36.1 Å². The van der Waals surface area contributed by atoms with Gasteiger partial charge < -0.3 is 26.0 Å². The highest BCUT2D eigenvalue weighted by Crippen LogP contribution is 2.32. The molecule has 2 aliphatic rings. The van der Waals surface area contributed by atoms with Crippen LogP contribution in [0.5, 0.6) is 0 Å². The van der Waals surface area contributed by atoms with Gasteiger partial charge in [-0.05, 0) is 54.4 Å². The fourth-order valence-corrected chi connectivity index (χ4v) is 5.09. The number of ether oxygens (including phenoxy) is 1. The molecule has 2 aromatic carbocycles. The summed E-state index contributed by atoms with van der Waals surface area (Å²) in [6, 6.07) is 12.9. The Morgan fingerprint density at radius 3 is 2.62 bits per heavy atom. The van der Waals surface area contributed by atoms with Crippen LogP contribution in [0.25, 0.3) is 0 Å². The molecule has 2 atom stereocenters. The average molecular weight is 528 g/mol. The molecule has 2 unspecified atom stereocenters. The zero-order chi connectivity index (χ0) is 26.5. The van der Waals surface area contributed by atoms with Gasteiger partial charge in [0.25, 0.3) is 0 Å². The number of piperazine rings is 1. The van der Waals surface area contributed by atoms with Gasteiger partial charge in [-0.1, -0.05) is 0 Å². The summed E-state index contributed by atoms with van der Waals surface area (Å²) in [5.41, 5.74) is 6.54. The number of benzene rings is 2. The molecular formula is C24H26FN7O4S. The van der Waals surface area contributed by atoms with E-state index in [-0.39, 0.29) is 24.7 Å². The number of hydrogen-bond acceptors (Lipinski definition) is 8. The van der Waals surface area contributed by atoms with E-state index in [1.807, 2.05) is 16.4 Å². The first-order chi connectivity index (χ1) is 17.7. The summed E-state index contributed by atoms with van der Waals surface area (Å²) >= 11 is 1.47. The lowest BCUT2D eigenvalue weighted by atomic mass is 10.2. The maximum absolute atomic E-state index is 15.3. The normalized spacial score (nSPS) is 19.8. The second kappa shape index (κ2) is 11.4. The van der Waals surface area contributed by atoms with E-state index < -0.39 is 30.2 Å². The molecule has 2 aliphatic heterocycles. The molecule has 4 rings (SSSR count). The molecule has 0 aromatic heterocycles. The zero-order valence-corrected chi connectivity index (χ0v) is 20.8. The number of urea groups is 1. The van der Waals surface area contributed by atoms with E-state index in [4.69, 9.17) is 15.7 Å². The Labute approximate surface area is 217 Å². The van der Waals surface area contributed by atoms with E-state index in [0.29, 0.717) is 30.9 Å². The summed E-state index contributed by atoms with van der Waals surface area (Å²) in [6.45, 7) is 3.03. The average Bonchev–Trinajstić information content (AvgIpc) is 3.24. The Kier molecular flexibility index (Phi) is 8.00. The number of hydrogen-bond donors (Lipinski definition) is 3. The number of carbonyl (C=O) groups excluding carboxylic acids is 3. The number of anilines is 2. The lowest BCUT2D eigenvalue weighted by Gasteiger charge is -2.42. The Balaban J connectivity index is 1.46. The number of rotatable bonds is 7. The number of cyclic esters (lactones) is 1. The molecule has 4 amide bonds. The van der Waals surface area contributed by atoms with Crippen molar-refractivity contribution in [2.45, 2.75) is 24.1 Å². The van der Waals surface area contributed by atoms with Crippen LogP contribution in [0.2, 0.25) is 0 Å². The zero-order valence-electron chi connectivity index (χ0n) is 20.0. The van der Waals surface area contributed by atoms with Gasteiger partial charge >= 0.3 is 12.1 Å². The van der Waals surface area contributed by atoms with Crippen molar-refractivity contribution in [3.05, 3.63) is 53.8 Å². The van der Waals surface area contributed by atoms with Crippen LogP contribution in [0, 0.1) is 17.1 Å². The first-order valence-corrected chi connectivity index (χ1v) is 12.3. The van der Waals surface area contributed by atoms with Crippen molar-refractivity contribution in [1.82, 2.24) is 14.9 Å². The van der Waals surface area contributed by atoms with Crippen LogP contribution in [0.1, 0.15) is 12.5 Å². The molecular weight excluding hydrogens is 501 g/mol. The number of nitrogens with one attached hydrogen (secondary N) is 2. The summed E-state index contributed by atoms with van der Waals surface area (Å²) in [7, 11) is 0. The highest BCUT2D eigenvalue weighted by Gasteiger charge is 2.34. The number of primary amides is 1. The molecule has 13 heteroatoms. The van der Waals surface area contributed by atoms with Crippen molar-refractivity contribution in [2.24, 2.45) is 5.73 Å². The number of nitrogens with zero attached hydrogens (tertiary/aromatic N) is 4. The fourth-order valence-electron chi connectivity index (χ4n) is 4.15. The summed E-state index contributed by atoms with van der Waals surface area (Å²) in [4.78, 5) is 39.1. The third kappa shape index (κ3) is 6.41. The smallest absolute Gasteiger partial charge is 0.414 e. The predicted octanol–water partition coefficient (Wildman–Crippen LogP) is 1.98. The van der Waals surface area contributed by atoms with Crippen molar-refractivity contribution in [3.63, 3.8) is 0 Å². The Hall–Kier alpha value is -4.02. The molecule has 0 saturated carbocycles. The fraction of sp³-hybridized carbons (Fsp3) is 0.333. The Morgan fingerprint density at radius 2 is 1.97 bits per heavy atom. The molecule has 0 spiro atoms. The van der Waals surface area contributed by atoms with E-state index in [1.165, 1.54) is 29.8 Å². The molecule has 4 N–H and O–H groups in total. The summed E-state index contributed by atoms with van der Waals surface area (Å²) < 4.78 is 22.6. The molecule has 11 nitrogen and oxygen atoms in total. The van der Waals surface area contributed by atoms with Crippen molar-refractivity contribution in [1.29, 1.82) is 5.26 Å². The van der Waals surface area contributed by atoms with Gasteiger partial charge in [0.1, 0.15) is 18.1 Å². The summed E-state index contributed by atoms with van der Waals surface area (Å²) in [5, 5.41) is 14.3. The third-order valence-electron chi connectivity index (χ3n) is 5.88. The van der Waals surface area contributed by atoms with Gasteiger partial charge in [-0.3, -0.25) is 9.69 Å². The lowest BCUT2D eigenvalue weighted by Crippen LogP contribution is -2.60. The standard InChI is InChI=1S/C24H26FN7O4S/c1-15(33)28-12-18-13-32(24(35)36-18)17-4-7-21(20(25)10-17)31-9-8-30(14-22(31)29-23(27)34)37-19-5-2-16(11-26)3-6-19/h2-7,10,18,22H,8-9,12-14H2,1H3,(H,28,33)(H3,27,29,34). The largest absolute Gasteiger partial charge is 0.442 e. The third-order valence-corrected chi connectivity index (χ3v) is 6.95. The molecule has 0 radical (unpaired) electrons. The van der Waals surface area contributed by atoms with Crippen molar-refractivity contribution in [3.8, 4) is 6.07 Å². The number of nitrogens with two attached hydrogens (primary N) is 1. The van der Waals surface area contributed by atoms with Crippen molar-refractivity contribution >= 4 is 41.4 Å². The van der Waals surface area contributed by atoms with Gasteiger partial charge in [-0.2, -0.15) is 5.26 Å². The minimum Gasteiger partial charge on any atom is -0.442 e. The molecule has 0 aliphatic carbocycles. The van der Waals surface area contributed by atoms with Crippen molar-refractivity contribution < 1.29 is 23.5 Å². The van der Waals surface area contributed by atoms with Gasteiger partial charge in [-0.25, -0.2) is 18.3 Å². The number of amides is 4. The molecule has 37 heavy (non-hydrogen) atoms. The highest BCUT2D eigenvalue weighted by atomic mass is 32.2. The van der Waals surface area contributed by atoms with Crippen LogP contribution in [-0.2, 0) is 9.53 Å². The molecule has 2 heterocycles. The molecule has 194 valence electrons. The van der Waals surface area contributed by atoms with Gasteiger partial charge in [0.2, 0.25) is 5.91 Å². The molecule has 2 aromatic rings. The maximum atomic E-state index is 15.3. The van der Waals surface area contributed by atoms with Crippen LogP contribution in [-0.4, -0.2) is 67.3 Å². The summed E-state index contributed by atoms with van der Waals surface area (Å²) in [6.07, 6.45) is -1.76. The van der Waals surface area contributed by atoms with Gasteiger partial charge in [-0.15, -0.1) is 0 Å². The minimum absolute atomic E-state index is 0.170. The topological polar surface area (TPSA) is 144 Å². The van der Waals surface area contributed by atoms with Crippen LogP contribution < -0.4 is 26.2 Å². The minimum atomic E-state index is -0.734. The number of carbonyl (C=O) groups is 3. The predicted molar refractivity (Wildman–Crippen MR) is 135 cm³/mol. The van der Waals surface area contributed by atoms with E-state index >= 15 is 4.39 Å². The molecule has 2 fully saturated rings. The monoisotopic (exact) mass is 527 g/mol. The SMILES string of the molecule is CC(=O)NCC1CN(c2ccc(N3CCN(Sc4ccc(C#N)cc4)CC3NC(N)=O)c(F)c2)C(=O)O1. The van der Waals surface area contributed by atoms with E-state index in [9.17, 15) is 14.4 Å². The van der Waals surface area contributed by atoms with E-state index in [2.05, 4.69) is 16.7 Å². The summed E-state index contributed by atoms with van der Waals surface area (Å²) in [5.74, 6) is -0.806. The highest BCUT2D eigenvalue weighted by molar-refractivity contribution is 7.97.